The van der Waals surface area contributed by atoms with Gasteiger partial charge in [-0.05, 0) is 18.3 Å². The summed E-state index contributed by atoms with van der Waals surface area (Å²) in [6.45, 7) is 7.36. The molecule has 14 heavy (non-hydrogen) atoms. The Kier molecular flexibility index (Phi) is 3.37. The number of rotatable bonds is 2. The molecule has 2 atom stereocenters. The Morgan fingerprint density at radius 2 is 2.21 bits per heavy atom. The van der Waals surface area contributed by atoms with E-state index in [2.05, 4.69) is 31.4 Å². The van der Waals surface area contributed by atoms with Crippen LogP contribution in [-0.4, -0.2) is 29.8 Å². The monoisotopic (exact) mass is 200 g/mol. The fourth-order valence-electron chi connectivity index (χ4n) is 2.00. The van der Waals surface area contributed by atoms with Gasteiger partial charge in [0.25, 0.3) is 0 Å². The van der Waals surface area contributed by atoms with Gasteiger partial charge in [0, 0.05) is 18.6 Å². The van der Waals surface area contributed by atoms with Crippen molar-refractivity contribution in [3.8, 4) is 0 Å². The average molecular weight is 200 g/mol. The molecule has 1 heterocycles. The lowest BCUT2D eigenvalue weighted by atomic mass is 9.87. The second kappa shape index (κ2) is 4.17. The van der Waals surface area contributed by atoms with Crippen molar-refractivity contribution in [1.29, 1.82) is 0 Å². The molecule has 0 aromatic carbocycles. The van der Waals surface area contributed by atoms with E-state index in [1.807, 2.05) is 0 Å². The van der Waals surface area contributed by atoms with Crippen molar-refractivity contribution in [2.75, 3.05) is 6.54 Å². The van der Waals surface area contributed by atoms with Crippen molar-refractivity contribution < 1.29 is 9.90 Å². The molecule has 4 heteroatoms. The summed E-state index contributed by atoms with van der Waals surface area (Å²) in [5.41, 5.74) is 0.301. The fourth-order valence-corrected chi connectivity index (χ4v) is 2.00. The quantitative estimate of drug-likeness (QED) is 0.631. The van der Waals surface area contributed by atoms with Crippen molar-refractivity contribution in [2.45, 2.75) is 45.7 Å². The van der Waals surface area contributed by atoms with Crippen LogP contribution < -0.4 is 10.6 Å². The molecule has 0 aromatic rings. The lowest BCUT2D eigenvalue weighted by Gasteiger charge is -2.22. The van der Waals surface area contributed by atoms with E-state index < -0.39 is 6.09 Å². The minimum atomic E-state index is -0.923. The molecule has 0 saturated carbocycles. The van der Waals surface area contributed by atoms with Crippen LogP contribution in [-0.2, 0) is 0 Å². The summed E-state index contributed by atoms with van der Waals surface area (Å²) in [5, 5.41) is 14.4. The van der Waals surface area contributed by atoms with E-state index in [0.717, 1.165) is 19.4 Å². The van der Waals surface area contributed by atoms with Crippen LogP contribution in [0.2, 0.25) is 0 Å². The molecule has 1 fully saturated rings. The first-order valence-electron chi connectivity index (χ1n) is 5.10. The maximum atomic E-state index is 10.4. The lowest BCUT2D eigenvalue weighted by molar-refractivity contribution is 0.190. The van der Waals surface area contributed by atoms with Gasteiger partial charge in [-0.1, -0.05) is 20.8 Å². The number of carboxylic acid groups (broad SMARTS) is 1. The highest BCUT2D eigenvalue weighted by Gasteiger charge is 2.28. The molecule has 0 aliphatic carbocycles. The largest absolute Gasteiger partial charge is 0.465 e. The molecule has 1 aliphatic heterocycles. The molecule has 1 saturated heterocycles. The minimum Gasteiger partial charge on any atom is -0.465 e. The predicted molar refractivity (Wildman–Crippen MR) is 55.4 cm³/mol. The van der Waals surface area contributed by atoms with E-state index in [1.54, 1.807) is 0 Å². The Bertz CT molecular complexity index is 211. The molecule has 0 spiro atoms. The molecule has 3 N–H and O–H groups in total. The van der Waals surface area contributed by atoms with Crippen LogP contribution in [0.1, 0.15) is 33.6 Å². The highest BCUT2D eigenvalue weighted by atomic mass is 16.4. The number of hydrogen-bond donors (Lipinski definition) is 3. The highest BCUT2D eigenvalue weighted by molar-refractivity contribution is 5.64. The second-order valence-corrected chi connectivity index (χ2v) is 5.25. The molecule has 0 radical (unpaired) electrons. The van der Waals surface area contributed by atoms with Crippen LogP contribution in [0.4, 0.5) is 4.79 Å². The van der Waals surface area contributed by atoms with Crippen molar-refractivity contribution in [2.24, 2.45) is 5.41 Å². The van der Waals surface area contributed by atoms with Gasteiger partial charge < -0.3 is 15.7 Å². The summed E-state index contributed by atoms with van der Waals surface area (Å²) in [6, 6.07) is 0.534. The molecular weight excluding hydrogens is 180 g/mol. The molecule has 82 valence electrons. The molecule has 1 rings (SSSR count). The Hall–Kier alpha value is -0.770. The summed E-state index contributed by atoms with van der Waals surface area (Å²) < 4.78 is 0. The number of carbonyl (C=O) groups is 1. The van der Waals surface area contributed by atoms with Crippen LogP contribution in [0.5, 0.6) is 0 Å². The van der Waals surface area contributed by atoms with Gasteiger partial charge in [-0.2, -0.15) is 0 Å². The van der Waals surface area contributed by atoms with E-state index in [0.29, 0.717) is 11.5 Å². The summed E-state index contributed by atoms with van der Waals surface area (Å²) in [5.74, 6) is 0. The fraction of sp³-hybridized carbons (Fsp3) is 0.900. The molecule has 1 aliphatic rings. The zero-order chi connectivity index (χ0) is 10.8. The molecular formula is C10H20N2O2. The third-order valence-corrected chi connectivity index (χ3v) is 2.41. The third kappa shape index (κ3) is 3.96. The van der Waals surface area contributed by atoms with Crippen LogP contribution >= 0.6 is 0 Å². The molecule has 1 amide bonds. The first-order valence-corrected chi connectivity index (χ1v) is 5.10. The van der Waals surface area contributed by atoms with E-state index in [1.165, 1.54) is 0 Å². The van der Waals surface area contributed by atoms with Crippen molar-refractivity contribution >= 4 is 6.09 Å². The zero-order valence-corrected chi connectivity index (χ0v) is 9.13. The SMILES string of the molecule is CC(C)(C)C[C@H]1C[C@@H](NC(=O)O)CN1. The lowest BCUT2D eigenvalue weighted by Crippen LogP contribution is -2.34. The topological polar surface area (TPSA) is 61.4 Å². The van der Waals surface area contributed by atoms with Gasteiger partial charge in [0.2, 0.25) is 0 Å². The first-order chi connectivity index (χ1) is 6.37. The van der Waals surface area contributed by atoms with Gasteiger partial charge in [0.15, 0.2) is 0 Å². The molecule has 4 nitrogen and oxygen atoms in total. The zero-order valence-electron chi connectivity index (χ0n) is 9.13. The summed E-state index contributed by atoms with van der Waals surface area (Å²) in [4.78, 5) is 10.4. The second-order valence-electron chi connectivity index (χ2n) is 5.25. The molecule has 0 bridgehead atoms. The number of hydrogen-bond acceptors (Lipinski definition) is 2. The van der Waals surface area contributed by atoms with Crippen LogP contribution in [0.3, 0.4) is 0 Å². The van der Waals surface area contributed by atoms with Crippen LogP contribution in [0.25, 0.3) is 0 Å². The van der Waals surface area contributed by atoms with E-state index in [9.17, 15) is 4.79 Å². The summed E-state index contributed by atoms with van der Waals surface area (Å²) in [6.07, 6.45) is 1.07. The van der Waals surface area contributed by atoms with Gasteiger partial charge in [-0.3, -0.25) is 0 Å². The minimum absolute atomic E-state index is 0.0832. The molecule has 0 aromatic heterocycles. The van der Waals surface area contributed by atoms with E-state index >= 15 is 0 Å². The van der Waals surface area contributed by atoms with Crippen LogP contribution in [0.15, 0.2) is 0 Å². The van der Waals surface area contributed by atoms with Gasteiger partial charge in [0.05, 0.1) is 0 Å². The Morgan fingerprint density at radius 1 is 1.57 bits per heavy atom. The van der Waals surface area contributed by atoms with E-state index in [4.69, 9.17) is 5.11 Å². The summed E-state index contributed by atoms with van der Waals surface area (Å²) in [7, 11) is 0. The average Bonchev–Trinajstić information content (AvgIpc) is 2.30. The smallest absolute Gasteiger partial charge is 0.404 e. The van der Waals surface area contributed by atoms with Crippen molar-refractivity contribution in [1.82, 2.24) is 10.6 Å². The van der Waals surface area contributed by atoms with Gasteiger partial charge in [-0.15, -0.1) is 0 Å². The summed E-state index contributed by atoms with van der Waals surface area (Å²) >= 11 is 0. The standard InChI is InChI=1S/C10H20N2O2/c1-10(2,3)5-7-4-8(6-11-7)12-9(13)14/h7-8,11-12H,4-6H2,1-3H3,(H,13,14)/t7-,8-/m1/s1. The van der Waals surface area contributed by atoms with E-state index in [-0.39, 0.29) is 6.04 Å². The number of amides is 1. The Balaban J connectivity index is 2.31. The predicted octanol–water partition coefficient (Wildman–Crippen LogP) is 1.42. The van der Waals surface area contributed by atoms with Gasteiger partial charge >= 0.3 is 6.09 Å². The Labute approximate surface area is 85.1 Å². The maximum Gasteiger partial charge on any atom is 0.404 e. The van der Waals surface area contributed by atoms with Crippen LogP contribution in [0, 0.1) is 5.41 Å². The van der Waals surface area contributed by atoms with Gasteiger partial charge in [0.1, 0.15) is 0 Å². The third-order valence-electron chi connectivity index (χ3n) is 2.41. The van der Waals surface area contributed by atoms with Crippen molar-refractivity contribution in [3.05, 3.63) is 0 Å². The number of nitrogens with one attached hydrogen (secondary N) is 2. The van der Waals surface area contributed by atoms with Gasteiger partial charge in [-0.25, -0.2) is 4.79 Å². The molecule has 0 unspecified atom stereocenters. The Morgan fingerprint density at radius 3 is 2.71 bits per heavy atom. The normalized spacial score (nSPS) is 27.6. The highest BCUT2D eigenvalue weighted by Crippen LogP contribution is 2.24. The first kappa shape index (κ1) is 11.3. The maximum absolute atomic E-state index is 10.4. The van der Waals surface area contributed by atoms with Crippen molar-refractivity contribution in [3.63, 3.8) is 0 Å².